The lowest BCUT2D eigenvalue weighted by atomic mass is 9.86. The van der Waals surface area contributed by atoms with E-state index in [9.17, 15) is 13.2 Å². The average molecular weight is 195 g/mol. The highest BCUT2D eigenvalue weighted by atomic mass is 19.4. The molecule has 0 aromatic heterocycles. The molecule has 2 saturated heterocycles. The zero-order chi connectivity index (χ0) is 9.69. The minimum Gasteiger partial charge on any atom is -0.373 e. The van der Waals surface area contributed by atoms with Crippen LogP contribution >= 0.6 is 0 Å². The summed E-state index contributed by atoms with van der Waals surface area (Å²) >= 11 is 0. The van der Waals surface area contributed by atoms with E-state index in [1.807, 2.05) is 0 Å². The van der Waals surface area contributed by atoms with Crippen LogP contribution in [-0.2, 0) is 4.74 Å². The number of alkyl halides is 3. The molecule has 0 saturated carbocycles. The van der Waals surface area contributed by atoms with E-state index in [0.717, 1.165) is 6.42 Å². The molecule has 3 atom stereocenters. The van der Waals surface area contributed by atoms with Crippen LogP contribution in [0, 0.1) is 0 Å². The number of hydrogen-bond acceptors (Lipinski definition) is 2. The Morgan fingerprint density at radius 3 is 2.54 bits per heavy atom. The second kappa shape index (κ2) is 2.60. The molecule has 0 aromatic rings. The molecule has 13 heavy (non-hydrogen) atoms. The summed E-state index contributed by atoms with van der Waals surface area (Å²) in [6, 6.07) is 0. The molecule has 0 radical (unpaired) electrons. The molecule has 2 aliphatic heterocycles. The first kappa shape index (κ1) is 9.27. The van der Waals surface area contributed by atoms with Crippen LogP contribution in [0.3, 0.4) is 0 Å². The predicted octanol–water partition coefficient (Wildman–Crippen LogP) is 1.59. The largest absolute Gasteiger partial charge is 0.408 e. The quantitative estimate of drug-likeness (QED) is 0.637. The Labute approximate surface area is 74.2 Å². The lowest BCUT2D eigenvalue weighted by molar-refractivity contribution is -0.232. The Balaban J connectivity index is 2.22. The fraction of sp³-hybridized carbons (Fsp3) is 1.00. The van der Waals surface area contributed by atoms with Crippen LogP contribution in [0.1, 0.15) is 25.7 Å². The summed E-state index contributed by atoms with van der Waals surface area (Å²) < 4.78 is 42.9. The first-order valence-corrected chi connectivity index (χ1v) is 4.44. The summed E-state index contributed by atoms with van der Waals surface area (Å²) in [4.78, 5) is 0. The molecular formula is C8H12F3NO. The van der Waals surface area contributed by atoms with Crippen molar-refractivity contribution in [2.45, 2.75) is 49.6 Å². The lowest BCUT2D eigenvalue weighted by Gasteiger charge is -2.40. The monoisotopic (exact) mass is 195 g/mol. The van der Waals surface area contributed by atoms with Crippen molar-refractivity contribution in [3.05, 3.63) is 0 Å². The molecule has 5 heteroatoms. The molecule has 0 amide bonds. The molecule has 0 aromatic carbocycles. The van der Waals surface area contributed by atoms with Gasteiger partial charge in [0.2, 0.25) is 0 Å². The third kappa shape index (κ3) is 1.25. The molecule has 2 heterocycles. The van der Waals surface area contributed by atoms with Gasteiger partial charge in [-0.2, -0.15) is 13.2 Å². The average Bonchev–Trinajstić information content (AvgIpc) is 2.41. The Morgan fingerprint density at radius 1 is 1.23 bits per heavy atom. The normalized spacial score (nSPS) is 45.2. The molecule has 0 spiro atoms. The van der Waals surface area contributed by atoms with E-state index >= 15 is 0 Å². The smallest absolute Gasteiger partial charge is 0.373 e. The van der Waals surface area contributed by atoms with Crippen molar-refractivity contribution < 1.29 is 17.9 Å². The van der Waals surface area contributed by atoms with Gasteiger partial charge in [-0.3, -0.25) is 0 Å². The summed E-state index contributed by atoms with van der Waals surface area (Å²) in [5.74, 6) is 0. The topological polar surface area (TPSA) is 35.2 Å². The van der Waals surface area contributed by atoms with E-state index < -0.39 is 17.8 Å². The summed E-state index contributed by atoms with van der Waals surface area (Å²) in [6.07, 6.45) is -3.53. The van der Waals surface area contributed by atoms with Gasteiger partial charge in [0, 0.05) is 0 Å². The van der Waals surface area contributed by atoms with E-state index in [4.69, 9.17) is 10.5 Å². The van der Waals surface area contributed by atoms with Crippen LogP contribution in [0.25, 0.3) is 0 Å². The van der Waals surface area contributed by atoms with Gasteiger partial charge in [0.1, 0.15) is 5.54 Å². The fourth-order valence-electron chi connectivity index (χ4n) is 2.18. The fourth-order valence-corrected chi connectivity index (χ4v) is 2.18. The van der Waals surface area contributed by atoms with E-state index in [-0.39, 0.29) is 12.5 Å². The highest BCUT2D eigenvalue weighted by molar-refractivity contribution is 5.05. The number of nitrogens with two attached hydrogens (primary N) is 1. The number of hydrogen-bond donors (Lipinski definition) is 1. The molecule has 3 unspecified atom stereocenters. The molecule has 76 valence electrons. The van der Waals surface area contributed by atoms with Crippen LogP contribution in [0.2, 0.25) is 0 Å². The van der Waals surface area contributed by atoms with E-state index in [1.165, 1.54) is 0 Å². The maximum absolute atomic E-state index is 12.6. The van der Waals surface area contributed by atoms with Crippen molar-refractivity contribution in [2.24, 2.45) is 5.73 Å². The highest BCUT2D eigenvalue weighted by Gasteiger charge is 2.60. The molecule has 2 rings (SSSR count). The number of fused-ring (bicyclic) bond motifs is 2. The maximum atomic E-state index is 12.6. The highest BCUT2D eigenvalue weighted by Crippen LogP contribution is 2.45. The molecule has 2 N–H and O–H groups in total. The van der Waals surface area contributed by atoms with Crippen molar-refractivity contribution in [3.8, 4) is 0 Å². The van der Waals surface area contributed by atoms with E-state index in [0.29, 0.717) is 12.8 Å². The van der Waals surface area contributed by atoms with Gasteiger partial charge in [-0.1, -0.05) is 0 Å². The van der Waals surface area contributed by atoms with Crippen LogP contribution in [0.4, 0.5) is 13.2 Å². The first-order chi connectivity index (χ1) is 5.93. The van der Waals surface area contributed by atoms with Crippen molar-refractivity contribution in [1.82, 2.24) is 0 Å². The van der Waals surface area contributed by atoms with E-state index in [2.05, 4.69) is 0 Å². The van der Waals surface area contributed by atoms with Gasteiger partial charge in [0.05, 0.1) is 12.2 Å². The Bertz CT molecular complexity index is 218. The molecule has 0 aliphatic carbocycles. The van der Waals surface area contributed by atoms with Crippen molar-refractivity contribution in [1.29, 1.82) is 0 Å². The van der Waals surface area contributed by atoms with Gasteiger partial charge in [0.25, 0.3) is 0 Å². The Hall–Kier alpha value is -0.290. The summed E-state index contributed by atoms with van der Waals surface area (Å²) in [5, 5.41) is 0. The molecular weight excluding hydrogens is 183 g/mol. The van der Waals surface area contributed by atoms with Crippen LogP contribution in [0.15, 0.2) is 0 Å². The van der Waals surface area contributed by atoms with Crippen molar-refractivity contribution in [2.75, 3.05) is 0 Å². The SMILES string of the molecule is NC1(C(F)(F)F)CCC2CCC1O2. The number of ether oxygens (including phenoxy) is 1. The molecule has 2 aliphatic rings. The van der Waals surface area contributed by atoms with Gasteiger partial charge in [-0.15, -0.1) is 0 Å². The zero-order valence-corrected chi connectivity index (χ0v) is 7.10. The Morgan fingerprint density at radius 2 is 1.92 bits per heavy atom. The van der Waals surface area contributed by atoms with E-state index in [1.54, 1.807) is 0 Å². The number of rotatable bonds is 0. The standard InChI is InChI=1S/C8H12F3NO/c9-8(10,11)7(12)4-3-5-1-2-6(7)13-5/h5-6H,1-4,12H2. The zero-order valence-electron chi connectivity index (χ0n) is 7.10. The van der Waals surface area contributed by atoms with Crippen molar-refractivity contribution in [3.63, 3.8) is 0 Å². The predicted molar refractivity (Wildman–Crippen MR) is 40.1 cm³/mol. The summed E-state index contributed by atoms with van der Waals surface area (Å²) in [5.41, 5.74) is 3.27. The third-order valence-corrected chi connectivity index (χ3v) is 3.09. The Kier molecular flexibility index (Phi) is 1.86. The van der Waals surface area contributed by atoms with Gasteiger partial charge < -0.3 is 10.5 Å². The van der Waals surface area contributed by atoms with Gasteiger partial charge in [-0.25, -0.2) is 0 Å². The van der Waals surface area contributed by atoms with Gasteiger partial charge >= 0.3 is 6.18 Å². The third-order valence-electron chi connectivity index (χ3n) is 3.09. The maximum Gasteiger partial charge on any atom is 0.408 e. The summed E-state index contributed by atoms with van der Waals surface area (Å²) in [6.45, 7) is 0. The lowest BCUT2D eigenvalue weighted by Crippen LogP contribution is -2.63. The first-order valence-electron chi connectivity index (χ1n) is 4.44. The van der Waals surface area contributed by atoms with Crippen molar-refractivity contribution >= 4 is 0 Å². The van der Waals surface area contributed by atoms with Crippen LogP contribution in [0.5, 0.6) is 0 Å². The second-order valence-corrected chi connectivity index (χ2v) is 3.90. The molecule has 2 nitrogen and oxygen atoms in total. The van der Waals surface area contributed by atoms with Gasteiger partial charge in [0.15, 0.2) is 0 Å². The molecule has 2 fully saturated rings. The second-order valence-electron chi connectivity index (χ2n) is 3.90. The van der Waals surface area contributed by atoms with Crippen LogP contribution in [-0.4, -0.2) is 23.9 Å². The minimum atomic E-state index is -4.34. The molecule has 2 bridgehead atoms. The van der Waals surface area contributed by atoms with Crippen LogP contribution < -0.4 is 5.73 Å². The minimum absolute atomic E-state index is 0.00579. The summed E-state index contributed by atoms with van der Waals surface area (Å²) in [7, 11) is 0. The van der Waals surface area contributed by atoms with Gasteiger partial charge in [-0.05, 0) is 25.7 Å². The number of halogens is 3.